The molecule has 1 aromatic heterocycles. The number of hydrogen-bond acceptors (Lipinski definition) is 4. The zero-order valence-electron chi connectivity index (χ0n) is 17.1. The number of oxazole rings is 1. The van der Waals surface area contributed by atoms with Gasteiger partial charge in [-0.2, -0.15) is 0 Å². The van der Waals surface area contributed by atoms with Gasteiger partial charge in [0.05, 0.1) is 6.54 Å². The van der Waals surface area contributed by atoms with Crippen LogP contribution >= 0.6 is 24.0 Å². The molecule has 0 aliphatic carbocycles. The Labute approximate surface area is 185 Å². The monoisotopic (exact) mass is 497 g/mol. The number of likely N-dealkylation sites (N-methyl/N-ethyl adjacent to an activating group) is 2. The molecule has 1 aliphatic heterocycles. The second kappa shape index (κ2) is 11.4. The number of hydrogen-bond donors (Lipinski definition) is 1. The lowest BCUT2D eigenvalue weighted by molar-refractivity contribution is 0.232. The first-order valence-electron chi connectivity index (χ1n) is 9.94. The minimum absolute atomic E-state index is 0. The fraction of sp³-hybridized carbons (Fsp3) is 0.524. The lowest BCUT2D eigenvalue weighted by Crippen LogP contribution is -2.45. The third kappa shape index (κ3) is 5.94. The van der Waals surface area contributed by atoms with E-state index in [0.717, 1.165) is 36.9 Å². The van der Waals surface area contributed by atoms with E-state index in [2.05, 4.69) is 41.0 Å². The summed E-state index contributed by atoms with van der Waals surface area (Å²) in [6, 6.07) is 10.6. The number of halogens is 1. The zero-order valence-corrected chi connectivity index (χ0v) is 19.4. The van der Waals surface area contributed by atoms with Gasteiger partial charge in [-0.3, -0.25) is 4.90 Å². The van der Waals surface area contributed by atoms with E-state index in [0.29, 0.717) is 18.5 Å². The molecule has 1 aliphatic rings. The van der Waals surface area contributed by atoms with Crippen LogP contribution in [0.3, 0.4) is 0 Å². The molecule has 1 aromatic carbocycles. The second-order valence-corrected chi connectivity index (χ2v) is 6.99. The number of nitrogens with zero attached hydrogens (tertiary/aromatic N) is 4. The molecule has 1 saturated heterocycles. The van der Waals surface area contributed by atoms with Gasteiger partial charge in [-0.1, -0.05) is 25.1 Å². The van der Waals surface area contributed by atoms with E-state index in [9.17, 15) is 0 Å². The van der Waals surface area contributed by atoms with Crippen molar-refractivity contribution in [3.63, 3.8) is 0 Å². The number of nitrogens with one attached hydrogen (secondary N) is 1. The van der Waals surface area contributed by atoms with Crippen molar-refractivity contribution < 1.29 is 4.42 Å². The van der Waals surface area contributed by atoms with Gasteiger partial charge in [-0.15, -0.1) is 24.0 Å². The van der Waals surface area contributed by atoms with E-state index in [-0.39, 0.29) is 24.0 Å². The SMILES string of the molecule is CCNC(=NCc1coc(-c2ccccc2)n1)N(C)CC1CCCN1CC.I. The van der Waals surface area contributed by atoms with Crippen LogP contribution < -0.4 is 5.32 Å². The lowest BCUT2D eigenvalue weighted by Gasteiger charge is -2.29. The first-order chi connectivity index (χ1) is 13.2. The molecule has 1 fully saturated rings. The first kappa shape index (κ1) is 22.7. The summed E-state index contributed by atoms with van der Waals surface area (Å²) >= 11 is 0. The maximum atomic E-state index is 5.62. The summed E-state index contributed by atoms with van der Waals surface area (Å²) in [6.07, 6.45) is 4.26. The van der Waals surface area contributed by atoms with Gasteiger partial charge in [0, 0.05) is 31.7 Å². The Hall–Kier alpha value is -1.61. The van der Waals surface area contributed by atoms with Crippen molar-refractivity contribution in [3.8, 4) is 11.5 Å². The van der Waals surface area contributed by atoms with E-state index in [1.807, 2.05) is 30.3 Å². The van der Waals surface area contributed by atoms with Crippen molar-refractivity contribution in [2.75, 3.05) is 33.2 Å². The molecule has 0 spiro atoms. The normalized spacial score (nSPS) is 17.4. The average Bonchev–Trinajstić information content (AvgIpc) is 3.35. The predicted octanol–water partition coefficient (Wildman–Crippen LogP) is 3.84. The Morgan fingerprint density at radius 3 is 2.82 bits per heavy atom. The maximum Gasteiger partial charge on any atom is 0.226 e. The highest BCUT2D eigenvalue weighted by atomic mass is 127. The van der Waals surface area contributed by atoms with E-state index < -0.39 is 0 Å². The number of aromatic nitrogens is 1. The smallest absolute Gasteiger partial charge is 0.226 e. The molecular formula is C21H32IN5O. The summed E-state index contributed by atoms with van der Waals surface area (Å²) < 4.78 is 5.62. The van der Waals surface area contributed by atoms with Crippen molar-refractivity contribution in [2.45, 2.75) is 39.3 Å². The Bertz CT molecular complexity index is 733. The second-order valence-electron chi connectivity index (χ2n) is 6.99. The van der Waals surface area contributed by atoms with Crippen molar-refractivity contribution in [2.24, 2.45) is 4.99 Å². The van der Waals surface area contributed by atoms with E-state index in [1.54, 1.807) is 6.26 Å². The molecule has 0 radical (unpaired) electrons. The van der Waals surface area contributed by atoms with Gasteiger partial charge >= 0.3 is 0 Å². The molecule has 28 heavy (non-hydrogen) atoms. The number of aliphatic imine (C=N–C) groups is 1. The van der Waals surface area contributed by atoms with Gasteiger partial charge < -0.3 is 14.6 Å². The minimum Gasteiger partial charge on any atom is -0.444 e. The Morgan fingerprint density at radius 2 is 2.11 bits per heavy atom. The highest BCUT2D eigenvalue weighted by molar-refractivity contribution is 14.0. The van der Waals surface area contributed by atoms with Crippen LogP contribution in [-0.2, 0) is 6.54 Å². The summed E-state index contributed by atoms with van der Waals surface area (Å²) in [5.41, 5.74) is 1.83. The summed E-state index contributed by atoms with van der Waals surface area (Å²) in [6.45, 7) is 9.02. The first-order valence-corrected chi connectivity index (χ1v) is 9.94. The third-order valence-corrected chi connectivity index (χ3v) is 5.05. The summed E-state index contributed by atoms with van der Waals surface area (Å²) in [5.74, 6) is 1.56. The van der Waals surface area contributed by atoms with Crippen LogP contribution in [0.1, 0.15) is 32.4 Å². The van der Waals surface area contributed by atoms with Crippen molar-refractivity contribution in [3.05, 3.63) is 42.3 Å². The van der Waals surface area contributed by atoms with Crippen LogP contribution in [0.5, 0.6) is 0 Å². The molecule has 154 valence electrons. The van der Waals surface area contributed by atoms with Crippen molar-refractivity contribution >= 4 is 29.9 Å². The Morgan fingerprint density at radius 1 is 1.32 bits per heavy atom. The summed E-state index contributed by atoms with van der Waals surface area (Å²) in [7, 11) is 2.12. The maximum absolute atomic E-state index is 5.62. The number of benzene rings is 1. The van der Waals surface area contributed by atoms with Gasteiger partial charge in [0.1, 0.15) is 12.0 Å². The lowest BCUT2D eigenvalue weighted by atomic mass is 10.2. The fourth-order valence-corrected chi connectivity index (χ4v) is 3.64. The zero-order chi connectivity index (χ0) is 19.1. The molecule has 2 heterocycles. The molecule has 6 nitrogen and oxygen atoms in total. The molecule has 7 heteroatoms. The molecule has 0 saturated carbocycles. The van der Waals surface area contributed by atoms with Gasteiger partial charge in [-0.05, 0) is 45.0 Å². The molecule has 1 unspecified atom stereocenters. The van der Waals surface area contributed by atoms with Crippen molar-refractivity contribution in [1.82, 2.24) is 20.1 Å². The highest BCUT2D eigenvalue weighted by Gasteiger charge is 2.24. The molecular weight excluding hydrogens is 465 g/mol. The topological polar surface area (TPSA) is 56.9 Å². The number of rotatable bonds is 7. The molecule has 0 amide bonds. The van der Waals surface area contributed by atoms with Crippen LogP contribution in [0, 0.1) is 0 Å². The molecule has 3 rings (SSSR count). The largest absolute Gasteiger partial charge is 0.444 e. The standard InChI is InChI=1S/C21H31N5O.HI/c1-4-22-21(25(3)15-19-12-9-13-26(19)5-2)23-14-18-16-27-20(24-18)17-10-7-6-8-11-17;/h6-8,10-11,16,19H,4-5,9,12-15H2,1-3H3,(H,22,23);1H. The Kier molecular flexibility index (Phi) is 9.24. The van der Waals surface area contributed by atoms with Crippen LogP contribution in [0.15, 0.2) is 46.0 Å². The molecule has 1 atom stereocenters. The van der Waals surface area contributed by atoms with Gasteiger partial charge in [0.2, 0.25) is 5.89 Å². The van der Waals surface area contributed by atoms with Gasteiger partial charge in [0.15, 0.2) is 5.96 Å². The van der Waals surface area contributed by atoms with Crippen LogP contribution in [0.25, 0.3) is 11.5 Å². The molecule has 1 N–H and O–H groups in total. The quantitative estimate of drug-likeness (QED) is 0.358. The van der Waals surface area contributed by atoms with E-state index >= 15 is 0 Å². The predicted molar refractivity (Wildman–Crippen MR) is 125 cm³/mol. The van der Waals surface area contributed by atoms with E-state index in [1.165, 1.54) is 19.4 Å². The van der Waals surface area contributed by atoms with Crippen LogP contribution in [0.2, 0.25) is 0 Å². The third-order valence-electron chi connectivity index (χ3n) is 5.05. The number of likely N-dealkylation sites (tertiary alicyclic amines) is 1. The van der Waals surface area contributed by atoms with Gasteiger partial charge in [-0.25, -0.2) is 9.98 Å². The van der Waals surface area contributed by atoms with Crippen molar-refractivity contribution in [1.29, 1.82) is 0 Å². The average molecular weight is 497 g/mol. The highest BCUT2D eigenvalue weighted by Crippen LogP contribution is 2.19. The fourth-order valence-electron chi connectivity index (χ4n) is 3.64. The summed E-state index contributed by atoms with van der Waals surface area (Å²) in [4.78, 5) is 14.1. The molecule has 0 bridgehead atoms. The van der Waals surface area contributed by atoms with Gasteiger partial charge in [0.25, 0.3) is 0 Å². The summed E-state index contributed by atoms with van der Waals surface area (Å²) in [5, 5.41) is 3.40. The van der Waals surface area contributed by atoms with E-state index in [4.69, 9.17) is 9.41 Å². The number of guanidine groups is 1. The molecule has 2 aromatic rings. The van der Waals surface area contributed by atoms with Crippen LogP contribution in [-0.4, -0.2) is 60.0 Å². The Balaban J connectivity index is 0.00000280. The van der Waals surface area contributed by atoms with Crippen LogP contribution in [0.4, 0.5) is 0 Å². The minimum atomic E-state index is 0.